The van der Waals surface area contributed by atoms with Crippen molar-refractivity contribution in [2.45, 2.75) is 33.6 Å². The fraction of sp³-hybridized carbons (Fsp3) is 0.700. The lowest BCUT2D eigenvalue weighted by Crippen LogP contribution is -2.08. The number of hydrogen-bond acceptors (Lipinski definition) is 2. The third-order valence-electron chi connectivity index (χ3n) is 1.70. The summed E-state index contributed by atoms with van der Waals surface area (Å²) in [4.78, 5) is 10.9. The van der Waals surface area contributed by atoms with Gasteiger partial charge in [0.25, 0.3) is 0 Å². The van der Waals surface area contributed by atoms with Gasteiger partial charge < -0.3 is 4.74 Å². The molecule has 0 radical (unpaired) electrons. The van der Waals surface area contributed by atoms with Crippen molar-refractivity contribution in [1.29, 1.82) is 0 Å². The van der Waals surface area contributed by atoms with Crippen LogP contribution in [0.1, 0.15) is 33.6 Å². The first-order chi connectivity index (χ1) is 5.70. The van der Waals surface area contributed by atoms with E-state index in [4.69, 9.17) is 4.74 Å². The van der Waals surface area contributed by atoms with Crippen LogP contribution in [0.2, 0.25) is 0 Å². The molecular formula is C10H18O2. The number of carbonyl (C=O) groups is 1. The van der Waals surface area contributed by atoms with E-state index in [0.717, 1.165) is 12.8 Å². The monoisotopic (exact) mass is 170 g/mol. The van der Waals surface area contributed by atoms with Gasteiger partial charge in [-0.25, -0.2) is 4.79 Å². The quantitative estimate of drug-likeness (QED) is 0.468. The molecule has 0 aliphatic heterocycles. The van der Waals surface area contributed by atoms with Crippen molar-refractivity contribution in [1.82, 2.24) is 0 Å². The lowest BCUT2D eigenvalue weighted by molar-refractivity contribution is -0.138. The van der Waals surface area contributed by atoms with Gasteiger partial charge in [-0.3, -0.25) is 0 Å². The van der Waals surface area contributed by atoms with Gasteiger partial charge in [0.05, 0.1) is 6.61 Å². The van der Waals surface area contributed by atoms with E-state index in [1.54, 1.807) is 6.08 Å². The Labute approximate surface area is 74.6 Å². The van der Waals surface area contributed by atoms with Crippen LogP contribution in [0.4, 0.5) is 0 Å². The van der Waals surface area contributed by atoms with E-state index in [1.165, 1.54) is 6.08 Å². The van der Waals surface area contributed by atoms with Crippen molar-refractivity contribution < 1.29 is 9.53 Å². The Bertz CT molecular complexity index is 150. The average Bonchev–Trinajstić information content (AvgIpc) is 2.10. The molecule has 2 nitrogen and oxygen atoms in total. The van der Waals surface area contributed by atoms with E-state index in [9.17, 15) is 4.79 Å². The molecule has 1 unspecified atom stereocenters. The molecule has 1 atom stereocenters. The summed E-state index contributed by atoms with van der Waals surface area (Å²) >= 11 is 0. The molecule has 0 aromatic rings. The lowest BCUT2D eigenvalue weighted by Gasteiger charge is -2.07. The van der Waals surface area contributed by atoms with Gasteiger partial charge in [0, 0.05) is 6.08 Å². The van der Waals surface area contributed by atoms with Gasteiger partial charge in [-0.15, -0.1) is 0 Å². The molecule has 70 valence electrons. The Morgan fingerprint density at radius 1 is 1.50 bits per heavy atom. The summed E-state index contributed by atoms with van der Waals surface area (Å²) in [6.45, 7) is 6.67. The first-order valence-electron chi connectivity index (χ1n) is 4.54. The molecule has 0 aliphatic carbocycles. The second-order valence-corrected chi connectivity index (χ2v) is 2.95. The molecule has 0 N–H and O–H groups in total. The van der Waals surface area contributed by atoms with Crippen LogP contribution in [0.3, 0.4) is 0 Å². The van der Waals surface area contributed by atoms with Gasteiger partial charge in [0.1, 0.15) is 0 Å². The summed E-state index contributed by atoms with van der Waals surface area (Å²) in [5, 5.41) is 0. The van der Waals surface area contributed by atoms with Crippen molar-refractivity contribution in [2.24, 2.45) is 5.92 Å². The van der Waals surface area contributed by atoms with Crippen molar-refractivity contribution in [3.63, 3.8) is 0 Å². The van der Waals surface area contributed by atoms with E-state index >= 15 is 0 Å². The third-order valence-corrected chi connectivity index (χ3v) is 1.70. The van der Waals surface area contributed by atoms with Crippen molar-refractivity contribution in [3.8, 4) is 0 Å². The Kier molecular flexibility index (Phi) is 6.44. The molecule has 0 amide bonds. The van der Waals surface area contributed by atoms with E-state index in [0.29, 0.717) is 12.5 Å². The highest BCUT2D eigenvalue weighted by atomic mass is 16.5. The molecule has 2 heteroatoms. The normalized spacial score (nSPS) is 13.2. The molecule has 0 saturated heterocycles. The molecule has 0 rings (SSSR count). The Morgan fingerprint density at radius 2 is 2.17 bits per heavy atom. The summed E-state index contributed by atoms with van der Waals surface area (Å²) in [6, 6.07) is 0. The second-order valence-electron chi connectivity index (χ2n) is 2.95. The van der Waals surface area contributed by atoms with Crippen LogP contribution in [0.25, 0.3) is 0 Å². The molecule has 0 heterocycles. The minimum Gasteiger partial charge on any atom is -0.462 e. The zero-order valence-corrected chi connectivity index (χ0v) is 8.17. The smallest absolute Gasteiger partial charge is 0.330 e. The predicted molar refractivity (Wildman–Crippen MR) is 49.8 cm³/mol. The third kappa shape index (κ3) is 5.96. The minimum atomic E-state index is -0.225. The van der Waals surface area contributed by atoms with E-state index in [2.05, 4.69) is 13.8 Å². The number of ether oxygens (including phenoxy) is 1. The Hall–Kier alpha value is -0.790. The van der Waals surface area contributed by atoms with Gasteiger partial charge in [-0.1, -0.05) is 33.3 Å². The van der Waals surface area contributed by atoms with Gasteiger partial charge in [-0.05, 0) is 12.3 Å². The van der Waals surface area contributed by atoms with Gasteiger partial charge in [0.15, 0.2) is 0 Å². The highest BCUT2D eigenvalue weighted by molar-refractivity contribution is 5.81. The summed E-state index contributed by atoms with van der Waals surface area (Å²) in [6.07, 6.45) is 5.21. The van der Waals surface area contributed by atoms with E-state index in [-0.39, 0.29) is 5.97 Å². The molecule has 0 aliphatic rings. The summed E-state index contributed by atoms with van der Waals surface area (Å²) in [5.74, 6) is 0.237. The minimum absolute atomic E-state index is 0.225. The maximum absolute atomic E-state index is 10.9. The van der Waals surface area contributed by atoms with Gasteiger partial charge in [0.2, 0.25) is 0 Å². The van der Waals surface area contributed by atoms with Crippen molar-refractivity contribution in [3.05, 3.63) is 12.2 Å². The summed E-state index contributed by atoms with van der Waals surface area (Å²) < 4.78 is 4.97. The first kappa shape index (κ1) is 11.2. The summed E-state index contributed by atoms with van der Waals surface area (Å²) in [7, 11) is 0. The van der Waals surface area contributed by atoms with Crippen LogP contribution < -0.4 is 0 Å². The van der Waals surface area contributed by atoms with Crippen LogP contribution in [-0.2, 0) is 9.53 Å². The highest BCUT2D eigenvalue weighted by Crippen LogP contribution is 2.00. The van der Waals surface area contributed by atoms with E-state index in [1.807, 2.05) is 6.92 Å². The van der Waals surface area contributed by atoms with Crippen LogP contribution >= 0.6 is 0 Å². The largest absolute Gasteiger partial charge is 0.462 e. The van der Waals surface area contributed by atoms with Crippen LogP contribution in [0.15, 0.2) is 12.2 Å². The topological polar surface area (TPSA) is 26.3 Å². The van der Waals surface area contributed by atoms with Crippen LogP contribution in [0.5, 0.6) is 0 Å². The molecule has 0 spiro atoms. The Morgan fingerprint density at radius 3 is 2.67 bits per heavy atom. The molecule has 0 aromatic heterocycles. The Balaban J connectivity index is 3.50. The molecule has 12 heavy (non-hydrogen) atoms. The van der Waals surface area contributed by atoms with Crippen molar-refractivity contribution >= 4 is 5.97 Å². The van der Waals surface area contributed by atoms with Crippen LogP contribution in [0, 0.1) is 5.92 Å². The molecular weight excluding hydrogens is 152 g/mol. The summed E-state index contributed by atoms with van der Waals surface area (Å²) in [5.41, 5.74) is 0. The highest BCUT2D eigenvalue weighted by Gasteiger charge is 2.01. The van der Waals surface area contributed by atoms with Gasteiger partial charge >= 0.3 is 5.97 Å². The van der Waals surface area contributed by atoms with Crippen LogP contribution in [-0.4, -0.2) is 12.6 Å². The zero-order chi connectivity index (χ0) is 9.40. The number of hydrogen-bond donors (Lipinski definition) is 0. The van der Waals surface area contributed by atoms with Crippen molar-refractivity contribution in [2.75, 3.05) is 6.61 Å². The van der Waals surface area contributed by atoms with E-state index < -0.39 is 0 Å². The molecule has 0 aromatic carbocycles. The predicted octanol–water partition coefficient (Wildman–Crippen LogP) is 2.54. The molecule has 0 bridgehead atoms. The fourth-order valence-corrected chi connectivity index (χ4v) is 0.604. The standard InChI is InChI=1S/C10H18O2/c1-4-6-7-10(11)12-8-9(3)5-2/h6-7,9H,4-5,8H2,1-3H3. The second kappa shape index (κ2) is 6.89. The number of esters is 1. The number of rotatable bonds is 5. The zero-order valence-electron chi connectivity index (χ0n) is 8.17. The molecule has 0 fully saturated rings. The maximum atomic E-state index is 10.9. The number of allylic oxidation sites excluding steroid dienone is 1. The first-order valence-corrected chi connectivity index (χ1v) is 4.54. The number of carbonyl (C=O) groups excluding carboxylic acids is 1. The van der Waals surface area contributed by atoms with Gasteiger partial charge in [-0.2, -0.15) is 0 Å². The average molecular weight is 170 g/mol. The fourth-order valence-electron chi connectivity index (χ4n) is 0.604. The maximum Gasteiger partial charge on any atom is 0.330 e. The lowest BCUT2D eigenvalue weighted by atomic mass is 10.1. The SMILES string of the molecule is CCC=CC(=O)OCC(C)CC. The molecule has 0 saturated carbocycles.